The number of hydrogen-bond acceptors (Lipinski definition) is 4. The summed E-state index contributed by atoms with van der Waals surface area (Å²) in [5.74, 6) is -0.159. The summed E-state index contributed by atoms with van der Waals surface area (Å²) in [7, 11) is 3.39. The first kappa shape index (κ1) is 14.4. The molecular weight excluding hydrogens is 194 g/mol. The van der Waals surface area contributed by atoms with E-state index < -0.39 is 0 Å². The molecule has 0 aliphatic carbocycles. The minimum atomic E-state index is -0.159. The van der Waals surface area contributed by atoms with Crippen LogP contribution in [0.3, 0.4) is 0 Å². The SMILES string of the molecule is CCCCOCCN(C)CCC(=O)OC. The standard InChI is InChI=1S/C11H23NO3/c1-4-5-9-15-10-8-12(2)7-6-11(13)14-3/h4-10H2,1-3H3. The average Bonchev–Trinajstić information content (AvgIpc) is 2.25. The van der Waals surface area contributed by atoms with Crippen molar-refractivity contribution in [1.29, 1.82) is 0 Å². The van der Waals surface area contributed by atoms with E-state index in [0.717, 1.165) is 39.1 Å². The molecule has 0 aromatic rings. The Hall–Kier alpha value is -0.610. The summed E-state index contributed by atoms with van der Waals surface area (Å²) in [5, 5.41) is 0. The van der Waals surface area contributed by atoms with Gasteiger partial charge in [0.25, 0.3) is 0 Å². The zero-order valence-electron chi connectivity index (χ0n) is 10.1. The number of esters is 1. The van der Waals surface area contributed by atoms with Crippen LogP contribution >= 0.6 is 0 Å². The second-order valence-corrected chi connectivity index (χ2v) is 3.60. The number of hydrogen-bond donors (Lipinski definition) is 0. The van der Waals surface area contributed by atoms with Gasteiger partial charge in [0.1, 0.15) is 0 Å². The highest BCUT2D eigenvalue weighted by Crippen LogP contribution is 1.92. The molecule has 0 bridgehead atoms. The Balaban J connectivity index is 3.25. The van der Waals surface area contributed by atoms with E-state index in [-0.39, 0.29) is 5.97 Å². The first-order valence-corrected chi connectivity index (χ1v) is 5.53. The van der Waals surface area contributed by atoms with Gasteiger partial charge in [0.15, 0.2) is 0 Å². The van der Waals surface area contributed by atoms with Crippen LogP contribution in [0.25, 0.3) is 0 Å². The minimum absolute atomic E-state index is 0.159. The van der Waals surface area contributed by atoms with Gasteiger partial charge in [0.05, 0.1) is 20.1 Å². The predicted molar refractivity (Wildman–Crippen MR) is 59.9 cm³/mol. The second-order valence-electron chi connectivity index (χ2n) is 3.60. The van der Waals surface area contributed by atoms with Gasteiger partial charge in [-0.2, -0.15) is 0 Å². The highest BCUT2D eigenvalue weighted by atomic mass is 16.5. The van der Waals surface area contributed by atoms with Crippen molar-refractivity contribution in [2.24, 2.45) is 0 Å². The second kappa shape index (κ2) is 9.93. The maximum Gasteiger partial charge on any atom is 0.306 e. The van der Waals surface area contributed by atoms with Crippen LogP contribution in [-0.4, -0.2) is 51.3 Å². The van der Waals surface area contributed by atoms with Crippen LogP contribution in [0.2, 0.25) is 0 Å². The van der Waals surface area contributed by atoms with E-state index >= 15 is 0 Å². The number of ether oxygens (including phenoxy) is 2. The van der Waals surface area contributed by atoms with E-state index in [1.165, 1.54) is 7.11 Å². The normalized spacial score (nSPS) is 10.7. The molecule has 15 heavy (non-hydrogen) atoms. The predicted octanol–water partition coefficient (Wildman–Crippen LogP) is 1.30. The molecular formula is C11H23NO3. The van der Waals surface area contributed by atoms with Crippen LogP contribution in [0, 0.1) is 0 Å². The van der Waals surface area contributed by atoms with Gasteiger partial charge in [0.2, 0.25) is 0 Å². The molecule has 0 aliphatic rings. The average molecular weight is 217 g/mol. The molecule has 0 atom stereocenters. The summed E-state index contributed by atoms with van der Waals surface area (Å²) in [6.07, 6.45) is 2.73. The van der Waals surface area contributed by atoms with Crippen molar-refractivity contribution >= 4 is 5.97 Å². The van der Waals surface area contributed by atoms with Gasteiger partial charge in [-0.15, -0.1) is 0 Å². The van der Waals surface area contributed by atoms with Crippen molar-refractivity contribution in [1.82, 2.24) is 4.90 Å². The third kappa shape index (κ3) is 9.69. The lowest BCUT2D eigenvalue weighted by Crippen LogP contribution is -2.26. The van der Waals surface area contributed by atoms with Crippen LogP contribution in [0.15, 0.2) is 0 Å². The first-order chi connectivity index (χ1) is 7.20. The van der Waals surface area contributed by atoms with E-state index in [0.29, 0.717) is 6.42 Å². The van der Waals surface area contributed by atoms with Gasteiger partial charge in [0, 0.05) is 19.7 Å². The number of unbranched alkanes of at least 4 members (excludes halogenated alkanes) is 1. The first-order valence-electron chi connectivity index (χ1n) is 5.53. The van der Waals surface area contributed by atoms with Crippen molar-refractivity contribution < 1.29 is 14.3 Å². The highest BCUT2D eigenvalue weighted by Gasteiger charge is 2.03. The van der Waals surface area contributed by atoms with Crippen LogP contribution in [-0.2, 0) is 14.3 Å². The Morgan fingerprint density at radius 1 is 1.27 bits per heavy atom. The van der Waals surface area contributed by atoms with Crippen molar-refractivity contribution in [2.45, 2.75) is 26.2 Å². The van der Waals surface area contributed by atoms with Gasteiger partial charge in [-0.05, 0) is 13.5 Å². The minimum Gasteiger partial charge on any atom is -0.469 e. The summed E-state index contributed by atoms with van der Waals surface area (Å²) >= 11 is 0. The largest absolute Gasteiger partial charge is 0.469 e. The zero-order chi connectivity index (χ0) is 11.5. The number of rotatable bonds is 9. The lowest BCUT2D eigenvalue weighted by molar-refractivity contribution is -0.140. The summed E-state index contributed by atoms with van der Waals surface area (Å²) in [5.41, 5.74) is 0. The molecule has 0 N–H and O–H groups in total. The molecule has 0 spiro atoms. The van der Waals surface area contributed by atoms with E-state index in [1.54, 1.807) is 0 Å². The molecule has 0 rings (SSSR count). The topological polar surface area (TPSA) is 38.8 Å². The highest BCUT2D eigenvalue weighted by molar-refractivity contribution is 5.69. The van der Waals surface area contributed by atoms with Crippen LogP contribution in [0.5, 0.6) is 0 Å². The smallest absolute Gasteiger partial charge is 0.306 e. The molecule has 0 amide bonds. The molecule has 0 heterocycles. The Morgan fingerprint density at radius 3 is 2.60 bits per heavy atom. The molecule has 0 radical (unpaired) electrons. The van der Waals surface area contributed by atoms with Crippen LogP contribution in [0.4, 0.5) is 0 Å². The Labute approximate surface area is 92.5 Å². The number of nitrogens with zero attached hydrogens (tertiary/aromatic N) is 1. The number of methoxy groups -OCH3 is 1. The lowest BCUT2D eigenvalue weighted by atomic mass is 10.4. The summed E-state index contributed by atoms with van der Waals surface area (Å²) in [6.45, 7) is 5.30. The number of carbonyl (C=O) groups is 1. The molecule has 0 aromatic heterocycles. The lowest BCUT2D eigenvalue weighted by Gasteiger charge is -2.15. The third-order valence-electron chi connectivity index (χ3n) is 2.18. The monoisotopic (exact) mass is 217 g/mol. The Morgan fingerprint density at radius 2 is 2.00 bits per heavy atom. The zero-order valence-corrected chi connectivity index (χ0v) is 10.1. The molecule has 0 aliphatic heterocycles. The summed E-state index contributed by atoms with van der Waals surface area (Å²) in [6, 6.07) is 0. The van der Waals surface area contributed by atoms with Gasteiger partial charge in [-0.3, -0.25) is 4.79 Å². The molecule has 4 heteroatoms. The molecule has 0 saturated carbocycles. The fourth-order valence-corrected chi connectivity index (χ4v) is 1.06. The van der Waals surface area contributed by atoms with E-state index in [2.05, 4.69) is 16.6 Å². The fraction of sp³-hybridized carbons (Fsp3) is 0.909. The molecule has 90 valence electrons. The van der Waals surface area contributed by atoms with Gasteiger partial charge < -0.3 is 14.4 Å². The Bertz CT molecular complexity index is 162. The van der Waals surface area contributed by atoms with Gasteiger partial charge in [-0.1, -0.05) is 13.3 Å². The fourth-order valence-electron chi connectivity index (χ4n) is 1.06. The molecule has 0 saturated heterocycles. The maximum atomic E-state index is 10.9. The van der Waals surface area contributed by atoms with Gasteiger partial charge in [-0.25, -0.2) is 0 Å². The Kier molecular flexibility index (Phi) is 9.52. The van der Waals surface area contributed by atoms with Crippen molar-refractivity contribution in [3.05, 3.63) is 0 Å². The molecule has 0 fully saturated rings. The molecule has 0 aromatic carbocycles. The van der Waals surface area contributed by atoms with Gasteiger partial charge >= 0.3 is 5.97 Å². The third-order valence-corrected chi connectivity index (χ3v) is 2.18. The van der Waals surface area contributed by atoms with Crippen molar-refractivity contribution in [3.63, 3.8) is 0 Å². The molecule has 4 nitrogen and oxygen atoms in total. The molecule has 0 unspecified atom stereocenters. The van der Waals surface area contributed by atoms with E-state index in [4.69, 9.17) is 4.74 Å². The quantitative estimate of drug-likeness (QED) is 0.431. The van der Waals surface area contributed by atoms with E-state index in [1.807, 2.05) is 7.05 Å². The van der Waals surface area contributed by atoms with Crippen LogP contribution in [0.1, 0.15) is 26.2 Å². The summed E-state index contributed by atoms with van der Waals surface area (Å²) < 4.78 is 9.98. The van der Waals surface area contributed by atoms with Crippen molar-refractivity contribution in [3.8, 4) is 0 Å². The number of likely N-dealkylation sites (N-methyl/N-ethyl adjacent to an activating group) is 1. The summed E-state index contributed by atoms with van der Waals surface area (Å²) in [4.78, 5) is 12.9. The van der Waals surface area contributed by atoms with E-state index in [9.17, 15) is 4.79 Å². The van der Waals surface area contributed by atoms with Crippen molar-refractivity contribution in [2.75, 3.05) is 40.5 Å². The maximum absolute atomic E-state index is 10.9. The number of carbonyl (C=O) groups excluding carboxylic acids is 1. The van der Waals surface area contributed by atoms with Crippen LogP contribution < -0.4 is 0 Å².